The van der Waals surface area contributed by atoms with Crippen LogP contribution in [0.25, 0.3) is 0 Å². The monoisotopic (exact) mass is 503 g/mol. The number of benzene rings is 1. The van der Waals surface area contributed by atoms with Crippen LogP contribution in [0.15, 0.2) is 36.4 Å². The molecule has 2 aromatic heterocycles. The van der Waals surface area contributed by atoms with Gasteiger partial charge in [-0.1, -0.05) is 32.9 Å². The van der Waals surface area contributed by atoms with E-state index in [4.69, 9.17) is 9.97 Å². The van der Waals surface area contributed by atoms with E-state index in [1.165, 1.54) is 0 Å². The van der Waals surface area contributed by atoms with E-state index in [0.717, 1.165) is 61.8 Å². The average molecular weight is 504 g/mol. The first-order valence-corrected chi connectivity index (χ1v) is 13.0. The predicted molar refractivity (Wildman–Crippen MR) is 147 cm³/mol. The minimum absolute atomic E-state index is 0.0267. The molecule has 1 aliphatic heterocycles. The molecule has 2 aliphatic rings. The Hall–Kier alpha value is -3.66. The highest BCUT2D eigenvalue weighted by Crippen LogP contribution is 2.27. The molecule has 0 spiro atoms. The van der Waals surface area contributed by atoms with Gasteiger partial charge in [-0.15, -0.1) is 0 Å². The summed E-state index contributed by atoms with van der Waals surface area (Å²) in [5.41, 5.74) is 2.86. The molecule has 3 aromatic rings. The van der Waals surface area contributed by atoms with Gasteiger partial charge in [0.05, 0.1) is 6.42 Å². The third-order valence-corrected chi connectivity index (χ3v) is 6.70. The number of carbonyl (C=O) groups is 1. The molecule has 0 radical (unpaired) electrons. The van der Waals surface area contributed by atoms with E-state index in [1.807, 2.05) is 36.4 Å². The Morgan fingerprint density at radius 3 is 2.38 bits per heavy atom. The molecule has 1 saturated carbocycles. The third-order valence-electron chi connectivity index (χ3n) is 6.70. The highest BCUT2D eigenvalue weighted by Gasteiger charge is 2.23. The maximum Gasteiger partial charge on any atom is 0.231 e. The second-order valence-corrected chi connectivity index (χ2v) is 11.1. The largest absolute Gasteiger partial charge is 0.354 e. The Morgan fingerprint density at radius 2 is 1.73 bits per heavy atom. The lowest BCUT2D eigenvalue weighted by atomic mass is 9.92. The summed E-state index contributed by atoms with van der Waals surface area (Å²) < 4.78 is 0. The summed E-state index contributed by atoms with van der Waals surface area (Å²) in [5, 5.41) is 17.3. The number of H-pyrrole nitrogens is 1. The van der Waals surface area contributed by atoms with Crippen LogP contribution in [0.1, 0.15) is 44.9 Å². The Kier molecular flexibility index (Phi) is 7.01. The van der Waals surface area contributed by atoms with Crippen molar-refractivity contribution in [2.24, 2.45) is 0 Å². The number of carbonyl (C=O) groups excluding carboxylic acids is 1. The van der Waals surface area contributed by atoms with Crippen molar-refractivity contribution < 1.29 is 4.79 Å². The van der Waals surface area contributed by atoms with E-state index < -0.39 is 0 Å². The summed E-state index contributed by atoms with van der Waals surface area (Å²) in [6, 6.07) is 12.2. The summed E-state index contributed by atoms with van der Waals surface area (Å²) in [7, 11) is 2.14. The smallest absolute Gasteiger partial charge is 0.231 e. The number of hydrogen-bond acceptors (Lipinski definition) is 8. The van der Waals surface area contributed by atoms with Crippen molar-refractivity contribution in [2.75, 3.05) is 48.8 Å². The molecule has 3 heterocycles. The third kappa shape index (κ3) is 6.76. The molecule has 37 heavy (non-hydrogen) atoms. The summed E-state index contributed by atoms with van der Waals surface area (Å²) in [5.74, 6) is 2.84. The molecule has 0 atom stereocenters. The van der Waals surface area contributed by atoms with Crippen molar-refractivity contribution in [3.63, 3.8) is 0 Å². The Morgan fingerprint density at radius 1 is 1.00 bits per heavy atom. The van der Waals surface area contributed by atoms with Crippen molar-refractivity contribution in [1.82, 2.24) is 30.4 Å². The zero-order valence-electron chi connectivity index (χ0n) is 22.1. The number of aromatic amines is 1. The lowest BCUT2D eigenvalue weighted by Crippen LogP contribution is -2.44. The molecule has 2 fully saturated rings. The van der Waals surface area contributed by atoms with Crippen LogP contribution in [0, 0.1) is 0 Å². The topological polar surface area (TPSA) is 114 Å². The SMILES string of the molecule is CN1CCN(c2cc(Nc3cc(C(C)(C)C)[nH]n3)nc(Nc3ccc(CC(=O)NC4CC4)cc3)n2)CC1. The van der Waals surface area contributed by atoms with Gasteiger partial charge in [-0.25, -0.2) is 0 Å². The molecule has 0 bridgehead atoms. The molecule has 1 amide bonds. The van der Waals surface area contributed by atoms with E-state index in [1.54, 1.807) is 0 Å². The number of piperazine rings is 1. The second kappa shape index (κ2) is 10.4. The molecule has 1 aliphatic carbocycles. The van der Waals surface area contributed by atoms with Gasteiger partial charge in [0.2, 0.25) is 11.9 Å². The zero-order chi connectivity index (χ0) is 26.0. The quantitative estimate of drug-likeness (QED) is 0.369. The minimum Gasteiger partial charge on any atom is -0.354 e. The average Bonchev–Trinajstić information content (AvgIpc) is 3.53. The number of anilines is 5. The van der Waals surface area contributed by atoms with Gasteiger partial charge >= 0.3 is 0 Å². The fourth-order valence-electron chi connectivity index (χ4n) is 4.18. The number of amides is 1. The van der Waals surface area contributed by atoms with E-state index in [2.05, 4.69) is 63.8 Å². The zero-order valence-corrected chi connectivity index (χ0v) is 22.1. The van der Waals surface area contributed by atoms with Gasteiger partial charge in [0, 0.05) is 61.1 Å². The van der Waals surface area contributed by atoms with Gasteiger partial charge in [-0.05, 0) is 37.6 Å². The molecule has 0 unspecified atom stereocenters. The molecule has 1 saturated heterocycles. The number of nitrogens with one attached hydrogen (secondary N) is 4. The summed E-state index contributed by atoms with van der Waals surface area (Å²) >= 11 is 0. The van der Waals surface area contributed by atoms with E-state index in [9.17, 15) is 4.79 Å². The lowest BCUT2D eigenvalue weighted by Gasteiger charge is -2.33. The molecule has 5 rings (SSSR count). The Labute approximate surface area is 218 Å². The van der Waals surface area contributed by atoms with Crippen molar-refractivity contribution in [1.29, 1.82) is 0 Å². The predicted octanol–water partition coefficient (Wildman–Crippen LogP) is 3.56. The first-order chi connectivity index (χ1) is 17.7. The Bertz CT molecular complexity index is 1220. The molecular weight excluding hydrogens is 466 g/mol. The fourth-order valence-corrected chi connectivity index (χ4v) is 4.18. The van der Waals surface area contributed by atoms with E-state index >= 15 is 0 Å². The van der Waals surface area contributed by atoms with Crippen LogP contribution < -0.4 is 20.9 Å². The van der Waals surface area contributed by atoms with Crippen molar-refractivity contribution in [2.45, 2.75) is 51.5 Å². The molecule has 10 nitrogen and oxygen atoms in total. The number of nitrogens with zero attached hydrogens (tertiary/aromatic N) is 5. The maximum atomic E-state index is 12.1. The highest BCUT2D eigenvalue weighted by molar-refractivity contribution is 5.79. The number of rotatable bonds is 8. The van der Waals surface area contributed by atoms with Crippen LogP contribution in [0.2, 0.25) is 0 Å². The van der Waals surface area contributed by atoms with Crippen LogP contribution in [0.3, 0.4) is 0 Å². The van der Waals surface area contributed by atoms with Crippen LogP contribution >= 0.6 is 0 Å². The van der Waals surface area contributed by atoms with E-state index in [-0.39, 0.29) is 11.3 Å². The number of likely N-dealkylation sites (N-methyl/N-ethyl adjacent to an activating group) is 1. The first kappa shape index (κ1) is 25.0. The summed E-state index contributed by atoms with van der Waals surface area (Å²) in [6.45, 7) is 10.2. The van der Waals surface area contributed by atoms with Gasteiger partial charge in [-0.3, -0.25) is 9.89 Å². The highest BCUT2D eigenvalue weighted by atomic mass is 16.1. The minimum atomic E-state index is -0.0267. The molecule has 1 aromatic carbocycles. The van der Waals surface area contributed by atoms with Gasteiger partial charge in [-0.2, -0.15) is 15.1 Å². The summed E-state index contributed by atoms with van der Waals surface area (Å²) in [4.78, 5) is 26.3. The van der Waals surface area contributed by atoms with Crippen molar-refractivity contribution in [3.05, 3.63) is 47.7 Å². The van der Waals surface area contributed by atoms with Crippen LogP contribution in [-0.4, -0.2) is 70.2 Å². The van der Waals surface area contributed by atoms with E-state index in [0.29, 0.717) is 30.0 Å². The van der Waals surface area contributed by atoms with Crippen molar-refractivity contribution >= 4 is 35.0 Å². The molecule has 4 N–H and O–H groups in total. The lowest BCUT2D eigenvalue weighted by molar-refractivity contribution is -0.120. The first-order valence-electron chi connectivity index (χ1n) is 13.0. The van der Waals surface area contributed by atoms with Crippen LogP contribution in [0.5, 0.6) is 0 Å². The standard InChI is InChI=1S/C27H37N9O/c1-27(2,3)21-16-23(34-33-21)30-22-17-24(36-13-11-35(4)12-14-36)32-26(31-22)29-20-7-5-18(6-8-20)15-25(37)28-19-9-10-19/h5-8,16-17,19H,9-15H2,1-4H3,(H,28,37)(H3,29,30,31,32,33,34). The van der Waals surface area contributed by atoms with Gasteiger partial charge < -0.3 is 25.8 Å². The normalized spacial score (nSPS) is 16.5. The second-order valence-electron chi connectivity index (χ2n) is 11.1. The van der Waals surface area contributed by atoms with Crippen LogP contribution in [0.4, 0.5) is 29.1 Å². The molecular formula is C27H37N9O. The summed E-state index contributed by atoms with van der Waals surface area (Å²) in [6.07, 6.45) is 2.58. The molecule has 196 valence electrons. The van der Waals surface area contributed by atoms with Gasteiger partial charge in [0.15, 0.2) is 5.82 Å². The van der Waals surface area contributed by atoms with Crippen molar-refractivity contribution in [3.8, 4) is 0 Å². The van der Waals surface area contributed by atoms with Gasteiger partial charge in [0.25, 0.3) is 0 Å². The fraction of sp³-hybridized carbons (Fsp3) is 0.481. The maximum absolute atomic E-state index is 12.1. The molecule has 10 heteroatoms. The van der Waals surface area contributed by atoms with Crippen LogP contribution in [-0.2, 0) is 16.6 Å². The Balaban J connectivity index is 1.33. The number of hydrogen-bond donors (Lipinski definition) is 4. The number of aromatic nitrogens is 4. The van der Waals surface area contributed by atoms with Gasteiger partial charge in [0.1, 0.15) is 11.6 Å².